The zero-order valence-electron chi connectivity index (χ0n) is 11.9. The number of aromatic nitrogens is 1. The average molecular weight is 265 g/mol. The van der Waals surface area contributed by atoms with Crippen molar-refractivity contribution >= 4 is 16.5 Å². The average Bonchev–Trinajstić information content (AvgIpc) is 2.45. The summed E-state index contributed by atoms with van der Waals surface area (Å²) in [7, 11) is 0. The Morgan fingerprint density at radius 3 is 2.55 bits per heavy atom. The Hall–Kier alpha value is -2.29. The van der Waals surface area contributed by atoms with Gasteiger partial charge in [0.2, 0.25) is 0 Å². The number of nitrogens with zero attached hydrogens (tertiary/aromatic N) is 1. The Bertz CT molecular complexity index is 814. The van der Waals surface area contributed by atoms with Crippen molar-refractivity contribution in [3.8, 4) is 11.3 Å². The second-order valence-electron chi connectivity index (χ2n) is 5.08. The quantitative estimate of drug-likeness (QED) is 0.541. The second-order valence-corrected chi connectivity index (χ2v) is 5.08. The van der Waals surface area contributed by atoms with Crippen LogP contribution in [0.5, 0.6) is 0 Å². The van der Waals surface area contributed by atoms with E-state index < -0.39 is 0 Å². The summed E-state index contributed by atoms with van der Waals surface area (Å²) >= 11 is 0. The predicted octanol–water partition coefficient (Wildman–Crippen LogP) is 3.39. The highest BCUT2D eigenvalue weighted by atomic mass is 15.0. The summed E-state index contributed by atoms with van der Waals surface area (Å²) in [6.07, 6.45) is 0.950. The number of rotatable bonds is 2. The second kappa shape index (κ2) is 4.67. The third-order valence-electron chi connectivity index (χ3n) is 3.91. The number of pyridine rings is 1. The first kappa shape index (κ1) is 12.7. The van der Waals surface area contributed by atoms with Crippen LogP contribution < -0.4 is 11.1 Å². The van der Waals surface area contributed by atoms with Crippen molar-refractivity contribution in [2.75, 3.05) is 5.73 Å². The highest BCUT2D eigenvalue weighted by Gasteiger charge is 2.15. The van der Waals surface area contributed by atoms with Gasteiger partial charge in [-0.15, -0.1) is 0 Å². The Morgan fingerprint density at radius 2 is 1.85 bits per heavy atom. The van der Waals surface area contributed by atoms with E-state index in [1.54, 1.807) is 0 Å². The fourth-order valence-electron chi connectivity index (χ4n) is 3.05. The standard InChI is InChI=1S/C17H19N3/c1-3-16-15-9-11(18)5-7-13(15)14-8-6-12(19)10-17(14)20(16)4-2/h5-10,19H,3-4,18H2,1-2H3. The summed E-state index contributed by atoms with van der Waals surface area (Å²) in [5.74, 6) is 0. The van der Waals surface area contributed by atoms with Crippen molar-refractivity contribution in [2.45, 2.75) is 26.8 Å². The Kier molecular flexibility index (Phi) is 2.97. The summed E-state index contributed by atoms with van der Waals surface area (Å²) in [6, 6.07) is 12.0. The summed E-state index contributed by atoms with van der Waals surface area (Å²) in [5, 5.41) is 10.9. The van der Waals surface area contributed by atoms with Crippen LogP contribution in [0.2, 0.25) is 0 Å². The van der Waals surface area contributed by atoms with Gasteiger partial charge in [-0.1, -0.05) is 19.1 Å². The van der Waals surface area contributed by atoms with E-state index in [4.69, 9.17) is 11.1 Å². The fraction of sp³-hybridized carbons (Fsp3) is 0.235. The van der Waals surface area contributed by atoms with Gasteiger partial charge in [-0.3, -0.25) is 0 Å². The molecule has 1 aliphatic heterocycles. The minimum absolute atomic E-state index is 0.552. The van der Waals surface area contributed by atoms with Gasteiger partial charge in [0, 0.05) is 28.9 Å². The van der Waals surface area contributed by atoms with E-state index in [0.717, 1.165) is 24.3 Å². The first-order chi connectivity index (χ1) is 9.65. The summed E-state index contributed by atoms with van der Waals surface area (Å²) in [6.45, 7) is 5.21. The molecule has 0 saturated carbocycles. The smallest absolute Gasteiger partial charge is 0.0561 e. The molecule has 1 heterocycles. The van der Waals surface area contributed by atoms with Crippen LogP contribution in [0, 0.1) is 5.41 Å². The van der Waals surface area contributed by atoms with Crippen LogP contribution in [-0.4, -0.2) is 4.57 Å². The molecule has 0 unspecified atom stereocenters. The Labute approximate surface area is 118 Å². The van der Waals surface area contributed by atoms with Crippen molar-refractivity contribution in [2.24, 2.45) is 0 Å². The molecule has 2 aliphatic rings. The van der Waals surface area contributed by atoms with Gasteiger partial charge in [0.05, 0.1) is 11.1 Å². The zero-order chi connectivity index (χ0) is 14.3. The van der Waals surface area contributed by atoms with Crippen LogP contribution in [0.4, 0.5) is 5.69 Å². The first-order valence-electron chi connectivity index (χ1n) is 7.05. The van der Waals surface area contributed by atoms with Gasteiger partial charge < -0.3 is 15.7 Å². The molecule has 1 aromatic rings. The maximum absolute atomic E-state index is 7.89. The molecule has 1 aliphatic carbocycles. The lowest BCUT2D eigenvalue weighted by Crippen LogP contribution is -2.12. The van der Waals surface area contributed by atoms with E-state index in [1.165, 1.54) is 22.0 Å². The van der Waals surface area contributed by atoms with Crippen LogP contribution in [-0.2, 0) is 13.0 Å². The molecule has 3 rings (SSSR count). The fourth-order valence-corrected chi connectivity index (χ4v) is 3.05. The topological polar surface area (TPSA) is 54.8 Å². The van der Waals surface area contributed by atoms with E-state index in [0.29, 0.717) is 5.36 Å². The molecule has 3 N–H and O–H groups in total. The molecule has 1 aromatic carbocycles. The molecular formula is C17H19N3. The van der Waals surface area contributed by atoms with Crippen LogP contribution in [0.1, 0.15) is 19.5 Å². The minimum Gasteiger partial charge on any atom is -0.399 e. The summed E-state index contributed by atoms with van der Waals surface area (Å²) < 4.78 is 2.30. The molecule has 0 saturated heterocycles. The van der Waals surface area contributed by atoms with Crippen molar-refractivity contribution in [3.63, 3.8) is 0 Å². The number of hydrogen-bond donors (Lipinski definition) is 2. The number of fused-ring (bicyclic) bond motifs is 3. The zero-order valence-corrected chi connectivity index (χ0v) is 11.9. The van der Waals surface area contributed by atoms with Crippen molar-refractivity contribution < 1.29 is 0 Å². The number of nitrogens with one attached hydrogen (secondary N) is 1. The molecule has 0 bridgehead atoms. The lowest BCUT2D eigenvalue weighted by Gasteiger charge is -2.22. The number of nitrogens with two attached hydrogens (primary N) is 1. The van der Waals surface area contributed by atoms with E-state index in [2.05, 4.69) is 30.5 Å². The highest BCUT2D eigenvalue weighted by Crippen LogP contribution is 2.34. The number of benzene rings is 2. The molecule has 20 heavy (non-hydrogen) atoms. The molecule has 0 atom stereocenters. The van der Waals surface area contributed by atoms with E-state index >= 15 is 0 Å². The third-order valence-corrected chi connectivity index (χ3v) is 3.91. The van der Waals surface area contributed by atoms with E-state index in [9.17, 15) is 0 Å². The van der Waals surface area contributed by atoms with Gasteiger partial charge in [0.1, 0.15) is 0 Å². The van der Waals surface area contributed by atoms with Crippen LogP contribution >= 0.6 is 0 Å². The molecule has 0 spiro atoms. The maximum atomic E-state index is 7.89. The van der Waals surface area contributed by atoms with Gasteiger partial charge in [-0.2, -0.15) is 0 Å². The SMILES string of the molecule is CCc1c2cc(N)ccc2c2ccc(=N)cc-2n1CC. The molecule has 0 amide bonds. The lowest BCUT2D eigenvalue weighted by molar-refractivity contribution is 0.721. The molecule has 0 aromatic heterocycles. The summed E-state index contributed by atoms with van der Waals surface area (Å²) in [4.78, 5) is 0. The van der Waals surface area contributed by atoms with Crippen molar-refractivity contribution in [1.82, 2.24) is 4.57 Å². The minimum atomic E-state index is 0.552. The first-order valence-corrected chi connectivity index (χ1v) is 7.05. The van der Waals surface area contributed by atoms with Gasteiger partial charge in [0.25, 0.3) is 0 Å². The van der Waals surface area contributed by atoms with Crippen LogP contribution in [0.25, 0.3) is 22.0 Å². The predicted molar refractivity (Wildman–Crippen MR) is 83.9 cm³/mol. The third kappa shape index (κ3) is 1.78. The normalized spacial score (nSPS) is 11.3. The Morgan fingerprint density at radius 1 is 1.05 bits per heavy atom. The van der Waals surface area contributed by atoms with Gasteiger partial charge >= 0.3 is 0 Å². The number of nitrogen functional groups attached to an aromatic ring is 1. The maximum Gasteiger partial charge on any atom is 0.0561 e. The Balaban J connectivity index is 2.60. The van der Waals surface area contributed by atoms with Crippen molar-refractivity contribution in [3.05, 3.63) is 47.4 Å². The molecule has 3 heteroatoms. The largest absolute Gasteiger partial charge is 0.399 e. The van der Waals surface area contributed by atoms with Gasteiger partial charge in [-0.05, 0) is 43.0 Å². The van der Waals surface area contributed by atoms with Crippen LogP contribution in [0.15, 0.2) is 36.4 Å². The molecular weight excluding hydrogens is 246 g/mol. The van der Waals surface area contributed by atoms with E-state index in [-0.39, 0.29) is 0 Å². The van der Waals surface area contributed by atoms with E-state index in [1.807, 2.05) is 24.3 Å². The van der Waals surface area contributed by atoms with Crippen molar-refractivity contribution in [1.29, 1.82) is 5.41 Å². The molecule has 0 fully saturated rings. The molecule has 102 valence electrons. The van der Waals surface area contributed by atoms with Gasteiger partial charge in [0.15, 0.2) is 0 Å². The highest BCUT2D eigenvalue weighted by molar-refractivity contribution is 5.99. The monoisotopic (exact) mass is 265 g/mol. The molecule has 0 radical (unpaired) electrons. The number of aryl methyl sites for hydroxylation is 1. The number of hydrogen-bond acceptors (Lipinski definition) is 2. The van der Waals surface area contributed by atoms with Gasteiger partial charge in [-0.25, -0.2) is 0 Å². The summed E-state index contributed by atoms with van der Waals surface area (Å²) in [5.41, 5.74) is 10.4. The molecule has 3 nitrogen and oxygen atoms in total. The van der Waals surface area contributed by atoms with Crippen LogP contribution in [0.3, 0.4) is 0 Å². The number of anilines is 1. The lowest BCUT2D eigenvalue weighted by atomic mass is 9.97.